The van der Waals surface area contributed by atoms with Gasteiger partial charge in [-0.05, 0) is 12.0 Å². The summed E-state index contributed by atoms with van der Waals surface area (Å²) < 4.78 is 8.88. The van der Waals surface area contributed by atoms with E-state index in [1.54, 1.807) is 0 Å². The summed E-state index contributed by atoms with van der Waals surface area (Å²) in [4.78, 5) is 24.3. The second kappa shape index (κ2) is 16.5. The van der Waals surface area contributed by atoms with Crippen LogP contribution < -0.4 is 0 Å². The van der Waals surface area contributed by atoms with Crippen LogP contribution >= 0.6 is 7.82 Å². The van der Waals surface area contributed by atoms with Crippen LogP contribution in [0.15, 0.2) is 5.11 Å². The summed E-state index contributed by atoms with van der Waals surface area (Å²) in [6.45, 7) is 2.93. The maximum Gasteiger partial charge on any atom is 0.466 e. The number of phosphoric acid groups is 1. The predicted molar refractivity (Wildman–Crippen MR) is 80.1 cm³/mol. The zero-order chi connectivity index (χ0) is 15.7. The second-order valence-electron chi connectivity index (χ2n) is 4.65. The Morgan fingerprint density at radius 1 is 0.900 bits per heavy atom. The van der Waals surface area contributed by atoms with Gasteiger partial charge in [0.2, 0.25) is 0 Å². The van der Waals surface area contributed by atoms with Crippen LogP contribution in [0.1, 0.15) is 71.1 Å². The summed E-state index contributed by atoms with van der Waals surface area (Å²) in [5.74, 6) is 0. The topological polar surface area (TPSA) is 127 Å². The lowest BCUT2D eigenvalue weighted by Crippen LogP contribution is -1.83. The third kappa shape index (κ3) is 36.0. The summed E-state index contributed by atoms with van der Waals surface area (Å²) >= 11 is 0. The molecule has 0 spiro atoms. The SMILES string of the molecule is CCCCCCCCCCCCN=[N+]=[N-].O=P(O)(O)O. The Morgan fingerprint density at radius 2 is 1.25 bits per heavy atom. The van der Waals surface area contributed by atoms with Crippen molar-refractivity contribution in [2.75, 3.05) is 6.54 Å². The van der Waals surface area contributed by atoms with Crippen molar-refractivity contribution in [3.05, 3.63) is 10.4 Å². The van der Waals surface area contributed by atoms with Crippen LogP contribution in [0.25, 0.3) is 10.4 Å². The maximum absolute atomic E-state index is 8.88. The standard InChI is InChI=1S/C12H25N3.H3O4P/c1-2-3-4-5-6-7-8-9-10-11-12-14-15-13;1-5(2,3)4/h2-12H2,1H3;(H3,1,2,3,4). The van der Waals surface area contributed by atoms with E-state index in [1.165, 1.54) is 57.8 Å². The molecule has 0 saturated heterocycles. The summed E-state index contributed by atoms with van der Waals surface area (Å²) in [5.41, 5.74) is 8.07. The number of hydrogen-bond donors (Lipinski definition) is 3. The smallest absolute Gasteiger partial charge is 0.303 e. The molecule has 7 nitrogen and oxygen atoms in total. The fourth-order valence-electron chi connectivity index (χ4n) is 1.71. The highest BCUT2D eigenvalue weighted by Crippen LogP contribution is 2.25. The fourth-order valence-corrected chi connectivity index (χ4v) is 1.71. The van der Waals surface area contributed by atoms with Gasteiger partial charge >= 0.3 is 7.82 Å². The molecule has 120 valence electrons. The van der Waals surface area contributed by atoms with Crippen LogP contribution in [-0.4, -0.2) is 21.2 Å². The quantitative estimate of drug-likeness (QED) is 0.173. The van der Waals surface area contributed by atoms with Gasteiger partial charge < -0.3 is 14.7 Å². The molecule has 0 radical (unpaired) electrons. The van der Waals surface area contributed by atoms with E-state index in [2.05, 4.69) is 16.9 Å². The Balaban J connectivity index is 0. The monoisotopic (exact) mass is 309 g/mol. The van der Waals surface area contributed by atoms with Crippen molar-refractivity contribution in [3.63, 3.8) is 0 Å². The molecule has 0 heterocycles. The maximum atomic E-state index is 8.88. The van der Waals surface area contributed by atoms with Crippen molar-refractivity contribution in [1.29, 1.82) is 0 Å². The number of rotatable bonds is 11. The van der Waals surface area contributed by atoms with Gasteiger partial charge in [-0.3, -0.25) is 0 Å². The molecule has 0 atom stereocenters. The van der Waals surface area contributed by atoms with Crippen molar-refractivity contribution in [2.45, 2.75) is 71.1 Å². The van der Waals surface area contributed by atoms with Gasteiger partial charge in [0.15, 0.2) is 0 Å². The first-order valence-electron chi connectivity index (χ1n) is 7.21. The van der Waals surface area contributed by atoms with E-state index >= 15 is 0 Å². The Kier molecular flexibility index (Phi) is 17.9. The lowest BCUT2D eigenvalue weighted by Gasteiger charge is -2.00. The van der Waals surface area contributed by atoms with E-state index < -0.39 is 7.82 Å². The molecule has 0 aromatic carbocycles. The van der Waals surface area contributed by atoms with E-state index in [9.17, 15) is 0 Å². The Morgan fingerprint density at radius 3 is 1.60 bits per heavy atom. The number of hydrogen-bond acceptors (Lipinski definition) is 2. The van der Waals surface area contributed by atoms with Crippen LogP contribution in [0.3, 0.4) is 0 Å². The lowest BCUT2D eigenvalue weighted by molar-refractivity contribution is 0.275. The summed E-state index contributed by atoms with van der Waals surface area (Å²) in [7, 11) is -4.64. The minimum absolute atomic E-state index is 0.674. The molecule has 0 aliphatic rings. The van der Waals surface area contributed by atoms with Gasteiger partial charge in [0, 0.05) is 11.5 Å². The molecule has 3 N–H and O–H groups in total. The number of unbranched alkanes of at least 4 members (excludes halogenated alkanes) is 9. The summed E-state index contributed by atoms with van der Waals surface area (Å²) in [6, 6.07) is 0. The fraction of sp³-hybridized carbons (Fsp3) is 1.00. The summed E-state index contributed by atoms with van der Waals surface area (Å²) in [6.07, 6.45) is 13.2. The van der Waals surface area contributed by atoms with E-state index in [0.29, 0.717) is 6.54 Å². The van der Waals surface area contributed by atoms with Gasteiger partial charge in [-0.1, -0.05) is 69.8 Å². The molecular weight excluding hydrogens is 281 g/mol. The molecule has 0 rings (SSSR count). The molecule has 20 heavy (non-hydrogen) atoms. The molecule has 0 saturated carbocycles. The van der Waals surface area contributed by atoms with Gasteiger partial charge in [-0.25, -0.2) is 4.57 Å². The van der Waals surface area contributed by atoms with Gasteiger partial charge in [-0.15, -0.1) is 0 Å². The van der Waals surface area contributed by atoms with Gasteiger partial charge in [0.1, 0.15) is 0 Å². The second-order valence-corrected chi connectivity index (χ2v) is 5.68. The molecule has 0 aliphatic carbocycles. The van der Waals surface area contributed by atoms with E-state index in [1.807, 2.05) is 0 Å². The van der Waals surface area contributed by atoms with Crippen molar-refractivity contribution < 1.29 is 19.2 Å². The van der Waals surface area contributed by atoms with E-state index in [4.69, 9.17) is 24.8 Å². The largest absolute Gasteiger partial charge is 0.466 e. The van der Waals surface area contributed by atoms with Gasteiger partial charge in [0.25, 0.3) is 0 Å². The minimum Gasteiger partial charge on any atom is -0.303 e. The molecule has 0 unspecified atom stereocenters. The molecule has 0 fully saturated rings. The molecule has 0 bridgehead atoms. The normalized spacial score (nSPS) is 10.4. The van der Waals surface area contributed by atoms with Crippen LogP contribution in [-0.2, 0) is 4.57 Å². The highest BCUT2D eigenvalue weighted by atomic mass is 31.2. The van der Waals surface area contributed by atoms with Crippen molar-refractivity contribution in [3.8, 4) is 0 Å². The molecule has 0 aliphatic heterocycles. The molecule has 8 heteroatoms. The highest BCUT2D eigenvalue weighted by Gasteiger charge is 2.00. The zero-order valence-electron chi connectivity index (χ0n) is 12.3. The number of nitrogens with zero attached hydrogens (tertiary/aromatic N) is 3. The zero-order valence-corrected chi connectivity index (χ0v) is 13.2. The first-order chi connectivity index (χ1) is 9.41. The summed E-state index contributed by atoms with van der Waals surface area (Å²) in [5, 5.41) is 3.52. The Labute approximate surface area is 121 Å². The van der Waals surface area contributed by atoms with Crippen LogP contribution in [0.4, 0.5) is 0 Å². The highest BCUT2D eigenvalue weighted by molar-refractivity contribution is 7.45. The third-order valence-electron chi connectivity index (χ3n) is 2.67. The average Bonchev–Trinajstić information content (AvgIpc) is 2.34. The van der Waals surface area contributed by atoms with Crippen LogP contribution in [0.5, 0.6) is 0 Å². The average molecular weight is 309 g/mol. The third-order valence-corrected chi connectivity index (χ3v) is 2.67. The van der Waals surface area contributed by atoms with E-state index in [-0.39, 0.29) is 0 Å². The predicted octanol–water partition coefficient (Wildman–Crippen LogP) is 4.29. The molecule has 0 amide bonds. The van der Waals surface area contributed by atoms with E-state index in [0.717, 1.165) is 6.42 Å². The Bertz CT molecular complexity index is 282. The first kappa shape index (κ1) is 21.7. The van der Waals surface area contributed by atoms with Crippen LogP contribution in [0.2, 0.25) is 0 Å². The molecule has 0 aromatic heterocycles. The lowest BCUT2D eigenvalue weighted by atomic mass is 10.1. The van der Waals surface area contributed by atoms with Gasteiger partial charge in [0.05, 0.1) is 0 Å². The van der Waals surface area contributed by atoms with Crippen molar-refractivity contribution in [1.82, 2.24) is 0 Å². The molecular formula is C12H28N3O4P. The Hall–Kier alpha value is -0.580. The van der Waals surface area contributed by atoms with Crippen molar-refractivity contribution >= 4 is 7.82 Å². The molecule has 0 aromatic rings. The first-order valence-corrected chi connectivity index (χ1v) is 8.77. The van der Waals surface area contributed by atoms with Crippen LogP contribution in [0, 0.1) is 0 Å². The van der Waals surface area contributed by atoms with Crippen molar-refractivity contribution in [2.24, 2.45) is 5.11 Å². The minimum atomic E-state index is -4.64. The number of azide groups is 1. The van der Waals surface area contributed by atoms with Gasteiger partial charge in [-0.2, -0.15) is 0 Å².